The van der Waals surface area contributed by atoms with Crippen LogP contribution in [0.25, 0.3) is 0 Å². The Bertz CT molecular complexity index is 314. The Morgan fingerprint density at radius 1 is 1.50 bits per heavy atom. The molecule has 0 aliphatic heterocycles. The molecule has 0 aromatic carbocycles. The summed E-state index contributed by atoms with van der Waals surface area (Å²) in [5.74, 6) is 1.93. The maximum Gasteiger partial charge on any atom is 0.126 e. The van der Waals surface area contributed by atoms with Crippen molar-refractivity contribution in [2.45, 2.75) is 51.4 Å². The van der Waals surface area contributed by atoms with Crippen LogP contribution in [0, 0.1) is 0 Å². The second kappa shape index (κ2) is 5.73. The van der Waals surface area contributed by atoms with Crippen LogP contribution >= 0.6 is 11.8 Å². The lowest BCUT2D eigenvalue weighted by atomic mass is 10.3. The highest BCUT2D eigenvalue weighted by Gasteiger charge is 2.17. The van der Waals surface area contributed by atoms with Gasteiger partial charge in [0, 0.05) is 29.4 Å². The number of hydrogen-bond acceptors (Lipinski definition) is 3. The Kier molecular flexibility index (Phi) is 4.87. The first-order chi connectivity index (χ1) is 7.44. The van der Waals surface area contributed by atoms with Gasteiger partial charge >= 0.3 is 0 Å². The lowest BCUT2D eigenvalue weighted by Crippen LogP contribution is -2.21. The van der Waals surface area contributed by atoms with Gasteiger partial charge in [0.05, 0.1) is 6.04 Å². The number of aromatic nitrogens is 2. The van der Waals surface area contributed by atoms with Gasteiger partial charge in [-0.1, -0.05) is 27.7 Å². The molecule has 0 aliphatic rings. The molecule has 3 nitrogen and oxygen atoms in total. The highest BCUT2D eigenvalue weighted by atomic mass is 32.2. The lowest BCUT2D eigenvalue weighted by Gasteiger charge is -2.20. The molecule has 0 fully saturated rings. The van der Waals surface area contributed by atoms with Gasteiger partial charge in [-0.3, -0.25) is 0 Å². The van der Waals surface area contributed by atoms with E-state index in [1.807, 2.05) is 24.2 Å². The molecule has 0 saturated carbocycles. The smallest absolute Gasteiger partial charge is 0.126 e. The molecule has 0 aliphatic carbocycles. The quantitative estimate of drug-likeness (QED) is 0.862. The van der Waals surface area contributed by atoms with Crippen molar-refractivity contribution in [3.05, 3.63) is 18.2 Å². The van der Waals surface area contributed by atoms with Gasteiger partial charge in [-0.05, 0) is 6.42 Å². The minimum atomic E-state index is 0.0331. The molecule has 1 heterocycles. The Morgan fingerprint density at radius 2 is 2.19 bits per heavy atom. The van der Waals surface area contributed by atoms with E-state index in [9.17, 15) is 0 Å². The summed E-state index contributed by atoms with van der Waals surface area (Å²) in [6.45, 7) is 9.80. The average molecular weight is 241 g/mol. The highest BCUT2D eigenvalue weighted by Crippen LogP contribution is 2.26. The molecular formula is C12H23N3S. The molecule has 1 rings (SSSR count). The van der Waals surface area contributed by atoms with Crippen LogP contribution in [-0.4, -0.2) is 20.1 Å². The number of thioether (sulfide) groups is 1. The van der Waals surface area contributed by atoms with Gasteiger partial charge in [0.2, 0.25) is 0 Å². The number of hydrogen-bond donors (Lipinski definition) is 1. The molecular weight excluding hydrogens is 218 g/mol. The number of imidazole rings is 1. The van der Waals surface area contributed by atoms with Crippen LogP contribution in [0.15, 0.2) is 12.4 Å². The predicted molar refractivity (Wildman–Crippen MR) is 71.7 cm³/mol. The van der Waals surface area contributed by atoms with Gasteiger partial charge < -0.3 is 10.3 Å². The first-order valence-corrected chi connectivity index (χ1v) is 6.83. The lowest BCUT2D eigenvalue weighted by molar-refractivity contribution is 0.602. The minimum Gasteiger partial charge on any atom is -0.334 e. The molecule has 0 saturated heterocycles. The van der Waals surface area contributed by atoms with Crippen molar-refractivity contribution in [3.8, 4) is 0 Å². The predicted octanol–water partition coefficient (Wildman–Crippen LogP) is 2.82. The van der Waals surface area contributed by atoms with E-state index in [4.69, 9.17) is 5.73 Å². The maximum absolute atomic E-state index is 6.17. The number of nitrogens with zero attached hydrogens (tertiary/aromatic N) is 2. The van der Waals surface area contributed by atoms with Gasteiger partial charge in [-0.15, -0.1) is 0 Å². The van der Waals surface area contributed by atoms with Gasteiger partial charge in [-0.25, -0.2) is 4.98 Å². The van der Waals surface area contributed by atoms with Crippen LogP contribution in [0.1, 0.15) is 46.0 Å². The van der Waals surface area contributed by atoms with Crippen molar-refractivity contribution in [1.82, 2.24) is 9.55 Å². The summed E-state index contributed by atoms with van der Waals surface area (Å²) in [5, 5.41) is 0. The van der Waals surface area contributed by atoms with Crippen LogP contribution in [0.4, 0.5) is 0 Å². The molecule has 16 heavy (non-hydrogen) atoms. The summed E-state index contributed by atoms with van der Waals surface area (Å²) in [7, 11) is 0. The summed E-state index contributed by atoms with van der Waals surface area (Å²) in [4.78, 5) is 4.36. The average Bonchev–Trinajstić information content (AvgIpc) is 2.62. The molecule has 0 spiro atoms. The summed E-state index contributed by atoms with van der Waals surface area (Å²) >= 11 is 1.89. The number of nitrogens with two attached hydrogens (primary N) is 1. The zero-order valence-corrected chi connectivity index (χ0v) is 11.5. The van der Waals surface area contributed by atoms with Crippen LogP contribution in [0.5, 0.6) is 0 Å². The molecule has 2 N–H and O–H groups in total. The molecule has 4 heteroatoms. The maximum atomic E-state index is 6.17. The Labute approximate surface area is 103 Å². The van der Waals surface area contributed by atoms with Crippen molar-refractivity contribution in [2.24, 2.45) is 5.73 Å². The van der Waals surface area contributed by atoms with Gasteiger partial charge in [0.25, 0.3) is 0 Å². The Hall–Kier alpha value is -0.480. The van der Waals surface area contributed by atoms with E-state index in [1.165, 1.54) is 0 Å². The van der Waals surface area contributed by atoms with E-state index >= 15 is 0 Å². The third kappa shape index (κ3) is 4.18. The standard InChI is InChI=1S/C12H23N3S/c1-5-7-15-8-6-14-11(15)10(13)9-16-12(2,3)4/h6,8,10H,5,7,9,13H2,1-4H3. The molecule has 0 amide bonds. The van der Waals surface area contributed by atoms with E-state index in [2.05, 4.69) is 37.2 Å². The Balaban J connectivity index is 2.58. The van der Waals surface area contributed by atoms with E-state index in [0.29, 0.717) is 0 Å². The third-order valence-electron chi connectivity index (χ3n) is 2.24. The summed E-state index contributed by atoms with van der Waals surface area (Å²) < 4.78 is 2.42. The van der Waals surface area contributed by atoms with Crippen molar-refractivity contribution in [3.63, 3.8) is 0 Å². The zero-order chi connectivity index (χ0) is 12.2. The fraction of sp³-hybridized carbons (Fsp3) is 0.750. The highest BCUT2D eigenvalue weighted by molar-refractivity contribution is 8.00. The molecule has 1 aromatic heterocycles. The van der Waals surface area contributed by atoms with Crippen molar-refractivity contribution in [2.75, 3.05) is 5.75 Å². The summed E-state index contributed by atoms with van der Waals surface area (Å²) in [6.07, 6.45) is 4.97. The fourth-order valence-corrected chi connectivity index (χ4v) is 2.32. The van der Waals surface area contributed by atoms with Crippen LogP contribution in [0.3, 0.4) is 0 Å². The van der Waals surface area contributed by atoms with Crippen LogP contribution < -0.4 is 5.73 Å². The molecule has 1 aromatic rings. The molecule has 1 atom stereocenters. The van der Waals surface area contributed by atoms with Crippen molar-refractivity contribution < 1.29 is 0 Å². The molecule has 0 bridgehead atoms. The normalized spacial score (nSPS) is 14.1. The van der Waals surface area contributed by atoms with Gasteiger partial charge in [0.15, 0.2) is 0 Å². The first-order valence-electron chi connectivity index (χ1n) is 5.84. The largest absolute Gasteiger partial charge is 0.334 e. The first kappa shape index (κ1) is 13.6. The van der Waals surface area contributed by atoms with Crippen molar-refractivity contribution >= 4 is 11.8 Å². The summed E-state index contributed by atoms with van der Waals surface area (Å²) in [6, 6.07) is 0.0331. The SMILES string of the molecule is CCCn1ccnc1C(N)CSC(C)(C)C. The van der Waals surface area contributed by atoms with E-state index in [0.717, 1.165) is 24.5 Å². The third-order valence-corrected chi connectivity index (χ3v) is 3.63. The topological polar surface area (TPSA) is 43.8 Å². The van der Waals surface area contributed by atoms with Crippen LogP contribution in [0.2, 0.25) is 0 Å². The number of rotatable bonds is 5. The fourth-order valence-electron chi connectivity index (χ4n) is 1.49. The van der Waals surface area contributed by atoms with Crippen LogP contribution in [-0.2, 0) is 6.54 Å². The van der Waals surface area contributed by atoms with Gasteiger partial charge in [-0.2, -0.15) is 11.8 Å². The van der Waals surface area contributed by atoms with E-state index in [1.54, 1.807) is 0 Å². The molecule has 0 radical (unpaired) electrons. The minimum absolute atomic E-state index is 0.0331. The second-order valence-corrected chi connectivity index (χ2v) is 6.86. The monoisotopic (exact) mass is 241 g/mol. The van der Waals surface area contributed by atoms with Crippen molar-refractivity contribution in [1.29, 1.82) is 0 Å². The molecule has 1 unspecified atom stereocenters. The number of aryl methyl sites for hydroxylation is 1. The Morgan fingerprint density at radius 3 is 2.75 bits per heavy atom. The van der Waals surface area contributed by atoms with E-state index < -0.39 is 0 Å². The summed E-state index contributed by atoms with van der Waals surface area (Å²) in [5.41, 5.74) is 6.17. The zero-order valence-electron chi connectivity index (χ0n) is 10.7. The molecule has 92 valence electrons. The second-order valence-electron chi connectivity index (χ2n) is 5.01. The van der Waals surface area contributed by atoms with Gasteiger partial charge in [0.1, 0.15) is 5.82 Å². The van der Waals surface area contributed by atoms with E-state index in [-0.39, 0.29) is 10.8 Å².